The zero-order valence-corrected chi connectivity index (χ0v) is 8.88. The summed E-state index contributed by atoms with van der Waals surface area (Å²) in [7, 11) is 0. The van der Waals surface area contributed by atoms with Crippen LogP contribution < -0.4 is 5.32 Å². The van der Waals surface area contributed by atoms with Gasteiger partial charge in [0.05, 0.1) is 17.1 Å². The summed E-state index contributed by atoms with van der Waals surface area (Å²) in [6.45, 7) is 6.32. The third kappa shape index (κ3) is 2.10. The minimum atomic E-state index is 0.756. The molecule has 1 atom stereocenters. The number of hydrogen-bond acceptors (Lipinski definition) is 3. The molecule has 0 radical (unpaired) electrons. The Kier molecular flexibility index (Phi) is 2.77. The summed E-state index contributed by atoms with van der Waals surface area (Å²) in [4.78, 5) is 8.88. The molecule has 1 aliphatic rings. The van der Waals surface area contributed by atoms with Gasteiger partial charge in [-0.05, 0) is 45.7 Å². The van der Waals surface area contributed by atoms with Crippen LogP contribution in [0.4, 0.5) is 0 Å². The summed E-state index contributed by atoms with van der Waals surface area (Å²) in [6.07, 6.45) is 4.26. The molecule has 0 aliphatic carbocycles. The van der Waals surface area contributed by atoms with E-state index in [2.05, 4.69) is 15.3 Å². The van der Waals surface area contributed by atoms with Crippen molar-refractivity contribution in [3.63, 3.8) is 0 Å². The molecule has 1 unspecified atom stereocenters. The third-order valence-corrected chi connectivity index (χ3v) is 2.90. The molecule has 1 aliphatic heterocycles. The lowest BCUT2D eigenvalue weighted by atomic mass is 10.0. The minimum Gasteiger partial charge on any atom is -0.316 e. The maximum atomic E-state index is 4.55. The predicted octanol–water partition coefficient (Wildman–Crippen LogP) is 1.25. The molecule has 2 heterocycles. The number of rotatable bonds is 2. The van der Waals surface area contributed by atoms with E-state index in [1.807, 2.05) is 20.0 Å². The molecule has 1 N–H and O–H groups in total. The van der Waals surface area contributed by atoms with E-state index in [0.717, 1.165) is 42.5 Å². The van der Waals surface area contributed by atoms with Crippen molar-refractivity contribution < 1.29 is 0 Å². The Hall–Kier alpha value is -0.960. The van der Waals surface area contributed by atoms with Crippen LogP contribution in [-0.2, 0) is 6.42 Å². The Morgan fingerprint density at radius 2 is 2.29 bits per heavy atom. The average molecular weight is 191 g/mol. The number of nitrogens with one attached hydrogen (secondary N) is 1. The van der Waals surface area contributed by atoms with E-state index in [9.17, 15) is 0 Å². The molecule has 1 fully saturated rings. The highest BCUT2D eigenvalue weighted by Crippen LogP contribution is 2.13. The summed E-state index contributed by atoms with van der Waals surface area (Å²) in [6, 6.07) is 0. The van der Waals surface area contributed by atoms with Crippen molar-refractivity contribution in [3.8, 4) is 0 Å². The maximum Gasteiger partial charge on any atom is 0.0593 e. The number of nitrogens with zero attached hydrogens (tertiary/aromatic N) is 2. The first-order valence-electron chi connectivity index (χ1n) is 5.25. The highest BCUT2D eigenvalue weighted by Gasteiger charge is 2.15. The molecule has 0 bridgehead atoms. The van der Waals surface area contributed by atoms with Crippen molar-refractivity contribution in [3.05, 3.63) is 23.3 Å². The number of aromatic nitrogens is 2. The Labute approximate surface area is 85.0 Å². The third-order valence-electron chi connectivity index (χ3n) is 2.90. The van der Waals surface area contributed by atoms with E-state index in [4.69, 9.17) is 0 Å². The first-order valence-corrected chi connectivity index (χ1v) is 5.25. The number of aryl methyl sites for hydroxylation is 2. The van der Waals surface area contributed by atoms with Crippen molar-refractivity contribution in [1.82, 2.24) is 15.3 Å². The van der Waals surface area contributed by atoms with Gasteiger partial charge in [-0.15, -0.1) is 0 Å². The van der Waals surface area contributed by atoms with Gasteiger partial charge in [-0.25, -0.2) is 0 Å². The topological polar surface area (TPSA) is 37.8 Å². The minimum absolute atomic E-state index is 0.756. The van der Waals surface area contributed by atoms with Crippen LogP contribution in [0.25, 0.3) is 0 Å². The van der Waals surface area contributed by atoms with Gasteiger partial charge in [0, 0.05) is 6.20 Å². The summed E-state index contributed by atoms with van der Waals surface area (Å²) >= 11 is 0. The second kappa shape index (κ2) is 4.05. The molecule has 1 saturated heterocycles. The zero-order valence-electron chi connectivity index (χ0n) is 8.88. The summed E-state index contributed by atoms with van der Waals surface area (Å²) in [5, 5.41) is 3.37. The van der Waals surface area contributed by atoms with Gasteiger partial charge in [-0.3, -0.25) is 9.97 Å². The van der Waals surface area contributed by atoms with Crippen LogP contribution >= 0.6 is 0 Å². The lowest BCUT2D eigenvalue weighted by Crippen LogP contribution is -2.12. The van der Waals surface area contributed by atoms with Crippen molar-refractivity contribution in [2.75, 3.05) is 13.1 Å². The zero-order chi connectivity index (χ0) is 9.97. The fraction of sp³-hybridized carbons (Fsp3) is 0.636. The van der Waals surface area contributed by atoms with Gasteiger partial charge in [0.15, 0.2) is 0 Å². The maximum absolute atomic E-state index is 4.55. The molecular weight excluding hydrogens is 174 g/mol. The van der Waals surface area contributed by atoms with Gasteiger partial charge in [0.25, 0.3) is 0 Å². The van der Waals surface area contributed by atoms with E-state index in [0.29, 0.717) is 0 Å². The lowest BCUT2D eigenvalue weighted by molar-refractivity contribution is 0.569. The molecule has 3 heteroatoms. The molecule has 0 amide bonds. The van der Waals surface area contributed by atoms with E-state index >= 15 is 0 Å². The highest BCUT2D eigenvalue weighted by atomic mass is 14.9. The first kappa shape index (κ1) is 9.59. The van der Waals surface area contributed by atoms with Crippen molar-refractivity contribution >= 4 is 0 Å². The van der Waals surface area contributed by atoms with Crippen LogP contribution in [0.1, 0.15) is 23.5 Å². The van der Waals surface area contributed by atoms with E-state index in [-0.39, 0.29) is 0 Å². The number of hydrogen-bond donors (Lipinski definition) is 1. The van der Waals surface area contributed by atoms with Crippen LogP contribution in [0.3, 0.4) is 0 Å². The van der Waals surface area contributed by atoms with Crippen LogP contribution in [0.15, 0.2) is 6.20 Å². The first-order chi connectivity index (χ1) is 6.75. The molecule has 0 saturated carbocycles. The largest absolute Gasteiger partial charge is 0.316 e. The lowest BCUT2D eigenvalue weighted by Gasteiger charge is -2.08. The Balaban J connectivity index is 2.05. The second-order valence-corrected chi connectivity index (χ2v) is 4.10. The Bertz CT molecular complexity index is 316. The molecular formula is C11H17N3. The molecule has 1 aromatic rings. The molecule has 76 valence electrons. The normalized spacial score (nSPS) is 21.4. The van der Waals surface area contributed by atoms with Gasteiger partial charge in [-0.2, -0.15) is 0 Å². The molecule has 3 nitrogen and oxygen atoms in total. The van der Waals surface area contributed by atoms with Crippen LogP contribution in [0.2, 0.25) is 0 Å². The van der Waals surface area contributed by atoms with E-state index in [1.54, 1.807) is 0 Å². The predicted molar refractivity (Wildman–Crippen MR) is 56.2 cm³/mol. The smallest absolute Gasteiger partial charge is 0.0593 e. The molecule has 2 rings (SSSR count). The van der Waals surface area contributed by atoms with Crippen LogP contribution in [0, 0.1) is 19.8 Å². The quantitative estimate of drug-likeness (QED) is 0.764. The van der Waals surface area contributed by atoms with Crippen molar-refractivity contribution in [2.45, 2.75) is 26.7 Å². The fourth-order valence-corrected chi connectivity index (χ4v) is 1.87. The molecule has 0 spiro atoms. The van der Waals surface area contributed by atoms with Crippen LogP contribution in [-0.4, -0.2) is 23.1 Å². The van der Waals surface area contributed by atoms with Crippen molar-refractivity contribution in [1.29, 1.82) is 0 Å². The molecule has 0 aromatic carbocycles. The van der Waals surface area contributed by atoms with Gasteiger partial charge in [0.1, 0.15) is 0 Å². The van der Waals surface area contributed by atoms with E-state index < -0.39 is 0 Å². The van der Waals surface area contributed by atoms with Gasteiger partial charge in [0.2, 0.25) is 0 Å². The summed E-state index contributed by atoms with van der Waals surface area (Å²) in [5.41, 5.74) is 3.24. The second-order valence-electron chi connectivity index (χ2n) is 4.10. The monoisotopic (exact) mass is 191 g/mol. The van der Waals surface area contributed by atoms with Gasteiger partial charge >= 0.3 is 0 Å². The Morgan fingerprint density at radius 1 is 1.43 bits per heavy atom. The Morgan fingerprint density at radius 3 is 2.93 bits per heavy atom. The molecule has 14 heavy (non-hydrogen) atoms. The van der Waals surface area contributed by atoms with Gasteiger partial charge < -0.3 is 5.32 Å². The molecule has 1 aromatic heterocycles. The SMILES string of the molecule is Cc1ncc(CC2CCNC2)nc1C. The van der Waals surface area contributed by atoms with Crippen molar-refractivity contribution in [2.24, 2.45) is 5.92 Å². The fourth-order valence-electron chi connectivity index (χ4n) is 1.87. The summed E-state index contributed by atoms with van der Waals surface area (Å²) < 4.78 is 0. The highest BCUT2D eigenvalue weighted by molar-refractivity contribution is 5.11. The summed E-state index contributed by atoms with van der Waals surface area (Å²) in [5.74, 6) is 0.756. The average Bonchev–Trinajstić information content (AvgIpc) is 2.64. The van der Waals surface area contributed by atoms with Crippen LogP contribution in [0.5, 0.6) is 0 Å². The standard InChI is InChI=1S/C11H17N3/c1-8-9(2)14-11(7-13-8)5-10-3-4-12-6-10/h7,10,12H,3-6H2,1-2H3. The van der Waals surface area contributed by atoms with Gasteiger partial charge in [-0.1, -0.05) is 0 Å². The van der Waals surface area contributed by atoms with E-state index in [1.165, 1.54) is 6.42 Å².